The Morgan fingerprint density at radius 1 is 1.33 bits per heavy atom. The van der Waals surface area contributed by atoms with Crippen LogP contribution in [0.4, 0.5) is 0 Å². The molecule has 1 aromatic heterocycles. The van der Waals surface area contributed by atoms with E-state index in [0.717, 1.165) is 10.9 Å². The third-order valence-corrected chi connectivity index (χ3v) is 3.37. The first-order valence-corrected chi connectivity index (χ1v) is 7.04. The van der Waals surface area contributed by atoms with Crippen LogP contribution in [0.1, 0.15) is 25.8 Å². The standard InChI is InChI=1S/C16H20N2O3/c1-10(2)7-14(16(20)21)17-9-12-8-11-5-3-4-6-13(11)18-15(12)19/h3-6,8,10,14,17H,7,9H2,1-2H3,(H,18,19)(H,20,21). The highest BCUT2D eigenvalue weighted by Crippen LogP contribution is 2.11. The first kappa shape index (κ1) is 15.3. The van der Waals surface area contributed by atoms with Gasteiger partial charge in [0.1, 0.15) is 6.04 Å². The summed E-state index contributed by atoms with van der Waals surface area (Å²) >= 11 is 0. The van der Waals surface area contributed by atoms with Crippen molar-refractivity contribution < 1.29 is 9.90 Å². The van der Waals surface area contributed by atoms with Gasteiger partial charge in [-0.15, -0.1) is 0 Å². The summed E-state index contributed by atoms with van der Waals surface area (Å²) in [4.78, 5) is 26.0. The Morgan fingerprint density at radius 3 is 2.71 bits per heavy atom. The Kier molecular flexibility index (Phi) is 4.75. The van der Waals surface area contributed by atoms with Crippen molar-refractivity contribution in [3.8, 4) is 0 Å². The molecule has 1 unspecified atom stereocenters. The molecule has 0 saturated heterocycles. The van der Waals surface area contributed by atoms with Gasteiger partial charge in [-0.25, -0.2) is 0 Å². The van der Waals surface area contributed by atoms with Crippen LogP contribution in [0.3, 0.4) is 0 Å². The Hall–Kier alpha value is -2.14. The van der Waals surface area contributed by atoms with E-state index in [-0.39, 0.29) is 18.0 Å². The van der Waals surface area contributed by atoms with Crippen molar-refractivity contribution >= 4 is 16.9 Å². The normalized spacial score (nSPS) is 12.7. The minimum atomic E-state index is -0.888. The molecule has 1 aromatic carbocycles. The van der Waals surface area contributed by atoms with Crippen LogP contribution in [0.15, 0.2) is 35.1 Å². The summed E-state index contributed by atoms with van der Waals surface area (Å²) < 4.78 is 0. The summed E-state index contributed by atoms with van der Waals surface area (Å²) in [7, 11) is 0. The molecule has 0 saturated carbocycles. The highest BCUT2D eigenvalue weighted by molar-refractivity contribution is 5.78. The average Bonchev–Trinajstić information content (AvgIpc) is 2.42. The van der Waals surface area contributed by atoms with Gasteiger partial charge >= 0.3 is 5.97 Å². The predicted octanol–water partition coefficient (Wildman–Crippen LogP) is 2.12. The summed E-state index contributed by atoms with van der Waals surface area (Å²) in [5.74, 6) is -0.616. The molecule has 0 aliphatic heterocycles. The van der Waals surface area contributed by atoms with E-state index in [9.17, 15) is 14.7 Å². The molecule has 0 aliphatic rings. The van der Waals surface area contributed by atoms with E-state index in [1.807, 2.05) is 38.1 Å². The Bertz CT molecular complexity index is 691. The van der Waals surface area contributed by atoms with Crippen molar-refractivity contribution in [1.29, 1.82) is 0 Å². The van der Waals surface area contributed by atoms with Gasteiger partial charge in [0.05, 0.1) is 0 Å². The van der Waals surface area contributed by atoms with Crippen molar-refractivity contribution in [1.82, 2.24) is 10.3 Å². The molecule has 21 heavy (non-hydrogen) atoms. The number of pyridine rings is 1. The maximum atomic E-state index is 12.0. The lowest BCUT2D eigenvalue weighted by Gasteiger charge is -2.16. The van der Waals surface area contributed by atoms with E-state index in [4.69, 9.17) is 0 Å². The van der Waals surface area contributed by atoms with Crippen LogP contribution in [0.2, 0.25) is 0 Å². The fraction of sp³-hybridized carbons (Fsp3) is 0.375. The van der Waals surface area contributed by atoms with Gasteiger partial charge in [-0.3, -0.25) is 9.59 Å². The summed E-state index contributed by atoms with van der Waals surface area (Å²) in [5.41, 5.74) is 1.14. The fourth-order valence-corrected chi connectivity index (χ4v) is 2.30. The molecule has 0 bridgehead atoms. The van der Waals surface area contributed by atoms with Gasteiger partial charge in [-0.2, -0.15) is 0 Å². The molecule has 1 atom stereocenters. The molecule has 3 N–H and O–H groups in total. The molecule has 2 aromatic rings. The van der Waals surface area contributed by atoms with Crippen LogP contribution < -0.4 is 10.9 Å². The molecule has 1 heterocycles. The monoisotopic (exact) mass is 288 g/mol. The lowest BCUT2D eigenvalue weighted by atomic mass is 10.0. The summed E-state index contributed by atoms with van der Waals surface area (Å²) in [6, 6.07) is 8.67. The number of carboxylic acids is 1. The second-order valence-electron chi connectivity index (χ2n) is 5.61. The zero-order valence-electron chi connectivity index (χ0n) is 12.2. The number of carboxylic acid groups (broad SMARTS) is 1. The van der Waals surface area contributed by atoms with E-state index < -0.39 is 12.0 Å². The van der Waals surface area contributed by atoms with Gasteiger partial charge in [-0.1, -0.05) is 32.0 Å². The summed E-state index contributed by atoms with van der Waals surface area (Å²) in [6.07, 6.45) is 0.529. The van der Waals surface area contributed by atoms with Gasteiger partial charge in [0.25, 0.3) is 5.56 Å². The molecule has 5 heteroatoms. The highest BCUT2D eigenvalue weighted by Gasteiger charge is 2.18. The van der Waals surface area contributed by atoms with E-state index in [1.54, 1.807) is 6.07 Å². The number of hydrogen-bond donors (Lipinski definition) is 3. The van der Waals surface area contributed by atoms with E-state index >= 15 is 0 Å². The number of hydrogen-bond acceptors (Lipinski definition) is 3. The summed E-state index contributed by atoms with van der Waals surface area (Å²) in [6.45, 7) is 4.19. The van der Waals surface area contributed by atoms with Crippen LogP contribution >= 0.6 is 0 Å². The first-order valence-electron chi connectivity index (χ1n) is 7.04. The molecule has 5 nitrogen and oxygen atoms in total. The lowest BCUT2D eigenvalue weighted by Crippen LogP contribution is -2.38. The maximum absolute atomic E-state index is 12.0. The average molecular weight is 288 g/mol. The maximum Gasteiger partial charge on any atom is 0.320 e. The molecule has 112 valence electrons. The lowest BCUT2D eigenvalue weighted by molar-refractivity contribution is -0.140. The van der Waals surface area contributed by atoms with Crippen molar-refractivity contribution in [3.05, 3.63) is 46.2 Å². The zero-order chi connectivity index (χ0) is 15.4. The molecule has 0 amide bonds. The fourth-order valence-electron chi connectivity index (χ4n) is 2.30. The topological polar surface area (TPSA) is 82.2 Å². The third-order valence-electron chi connectivity index (χ3n) is 3.37. The quantitative estimate of drug-likeness (QED) is 0.760. The molecule has 0 radical (unpaired) electrons. The van der Waals surface area contributed by atoms with Crippen LogP contribution in [0.25, 0.3) is 10.9 Å². The number of H-pyrrole nitrogens is 1. The van der Waals surface area contributed by atoms with Crippen molar-refractivity contribution in [2.24, 2.45) is 5.92 Å². The molecular formula is C16H20N2O3. The van der Waals surface area contributed by atoms with Gasteiger partial charge in [0.2, 0.25) is 0 Å². The number of rotatable bonds is 6. The van der Waals surface area contributed by atoms with E-state index in [0.29, 0.717) is 12.0 Å². The largest absolute Gasteiger partial charge is 0.480 e. The molecule has 0 aliphatic carbocycles. The highest BCUT2D eigenvalue weighted by atomic mass is 16.4. The van der Waals surface area contributed by atoms with Gasteiger partial charge in [-0.05, 0) is 29.9 Å². The van der Waals surface area contributed by atoms with E-state index in [2.05, 4.69) is 10.3 Å². The Labute approximate surface area is 123 Å². The van der Waals surface area contributed by atoms with Crippen LogP contribution in [-0.2, 0) is 11.3 Å². The van der Waals surface area contributed by atoms with Crippen molar-refractivity contribution in [3.63, 3.8) is 0 Å². The number of para-hydroxylation sites is 1. The van der Waals surface area contributed by atoms with Crippen molar-refractivity contribution in [2.45, 2.75) is 32.9 Å². The number of fused-ring (bicyclic) bond motifs is 1. The van der Waals surface area contributed by atoms with Gasteiger partial charge < -0.3 is 15.4 Å². The third kappa shape index (κ3) is 3.92. The van der Waals surface area contributed by atoms with Crippen LogP contribution in [0.5, 0.6) is 0 Å². The Balaban J connectivity index is 2.17. The molecule has 0 spiro atoms. The van der Waals surface area contributed by atoms with Gasteiger partial charge in [0, 0.05) is 17.6 Å². The predicted molar refractivity (Wildman–Crippen MR) is 82.3 cm³/mol. The molecular weight excluding hydrogens is 268 g/mol. The second-order valence-corrected chi connectivity index (χ2v) is 5.61. The number of aromatic nitrogens is 1. The van der Waals surface area contributed by atoms with Crippen molar-refractivity contribution in [2.75, 3.05) is 0 Å². The first-order chi connectivity index (χ1) is 9.97. The smallest absolute Gasteiger partial charge is 0.320 e. The van der Waals surface area contributed by atoms with Gasteiger partial charge in [0.15, 0.2) is 0 Å². The number of carbonyl (C=O) groups is 1. The van der Waals surface area contributed by atoms with Crippen LogP contribution in [-0.4, -0.2) is 22.1 Å². The second kappa shape index (κ2) is 6.54. The molecule has 2 rings (SSSR count). The Morgan fingerprint density at radius 2 is 2.05 bits per heavy atom. The summed E-state index contributed by atoms with van der Waals surface area (Å²) in [5, 5.41) is 13.1. The van der Waals surface area contributed by atoms with Crippen LogP contribution in [0, 0.1) is 5.92 Å². The number of aliphatic carboxylic acids is 1. The number of benzene rings is 1. The molecule has 0 fully saturated rings. The SMILES string of the molecule is CC(C)CC(NCc1cc2ccccc2[nH]c1=O)C(=O)O. The zero-order valence-corrected chi connectivity index (χ0v) is 12.2. The number of nitrogens with one attached hydrogen (secondary N) is 2. The minimum Gasteiger partial charge on any atom is -0.480 e. The minimum absolute atomic E-state index is 0.185. The van der Waals surface area contributed by atoms with E-state index in [1.165, 1.54) is 0 Å². The number of aromatic amines is 1.